The lowest BCUT2D eigenvalue weighted by Gasteiger charge is -2.24. The molecule has 0 aromatic carbocycles. The van der Waals surface area contributed by atoms with Crippen LogP contribution in [0.2, 0.25) is 0 Å². The molecule has 6 heteroatoms. The molecule has 0 rings (SSSR count). The first kappa shape index (κ1) is 47.8. The lowest BCUT2D eigenvalue weighted by Crippen LogP contribution is -2.46. The van der Waals surface area contributed by atoms with Crippen molar-refractivity contribution >= 4 is 11.9 Å². The second kappa shape index (κ2) is 38.1. The van der Waals surface area contributed by atoms with Gasteiger partial charge in [0.1, 0.15) is 6.10 Å². The Kier molecular flexibility index (Phi) is 36.4. The molecule has 0 aromatic heterocycles. The Morgan fingerprint density at radius 2 is 1.14 bits per heavy atom. The number of nitrogens with one attached hydrogen (secondary N) is 1. The van der Waals surface area contributed by atoms with Crippen molar-refractivity contribution in [2.24, 2.45) is 0 Å². The molecule has 0 bridgehead atoms. The van der Waals surface area contributed by atoms with E-state index in [9.17, 15) is 19.8 Å². The standard InChI is InChI=1S/C44H79NO5/c1-4-7-10-13-16-19-22-23-26-29-32-35-40(50-44(49)37-34-31-28-25-21-18-15-12-9-6-3)38-43(48)45-41(39-46)42(47)36-33-30-27-24-20-17-14-11-8-5-2/h7,10,12-13,15-16,19,22,40-42,46-47H,4-6,8-9,11,14,17-18,20-21,23-39H2,1-3H3,(H,45,48)/b10-7+,15-12-,16-13+,22-19-. The van der Waals surface area contributed by atoms with E-state index in [0.29, 0.717) is 19.3 Å². The predicted molar refractivity (Wildman–Crippen MR) is 213 cm³/mol. The molecule has 0 fully saturated rings. The van der Waals surface area contributed by atoms with Crippen LogP contribution in [0, 0.1) is 0 Å². The van der Waals surface area contributed by atoms with E-state index in [0.717, 1.165) is 83.5 Å². The summed E-state index contributed by atoms with van der Waals surface area (Å²) in [4.78, 5) is 25.8. The zero-order valence-electron chi connectivity index (χ0n) is 32.8. The third-order valence-corrected chi connectivity index (χ3v) is 9.18. The van der Waals surface area contributed by atoms with Crippen molar-refractivity contribution in [2.75, 3.05) is 6.61 Å². The normalized spacial score (nSPS) is 13.9. The number of hydrogen-bond donors (Lipinski definition) is 3. The molecule has 0 aliphatic carbocycles. The van der Waals surface area contributed by atoms with Crippen LogP contribution in [0.4, 0.5) is 0 Å². The fraction of sp³-hybridized carbons (Fsp3) is 0.773. The van der Waals surface area contributed by atoms with Gasteiger partial charge in [-0.2, -0.15) is 0 Å². The third kappa shape index (κ3) is 33.0. The van der Waals surface area contributed by atoms with Crippen LogP contribution in [-0.4, -0.2) is 46.9 Å². The Balaban J connectivity index is 4.68. The molecule has 0 aliphatic rings. The van der Waals surface area contributed by atoms with E-state index >= 15 is 0 Å². The Hall–Kier alpha value is -2.18. The predicted octanol–water partition coefficient (Wildman–Crippen LogP) is 11.6. The van der Waals surface area contributed by atoms with Crippen LogP contribution in [0.15, 0.2) is 48.6 Å². The van der Waals surface area contributed by atoms with E-state index < -0.39 is 18.2 Å². The number of aliphatic hydroxyl groups excluding tert-OH is 2. The third-order valence-electron chi connectivity index (χ3n) is 9.18. The average Bonchev–Trinajstić information content (AvgIpc) is 3.10. The lowest BCUT2D eigenvalue weighted by atomic mass is 10.0. The Morgan fingerprint density at radius 1 is 0.600 bits per heavy atom. The molecule has 6 nitrogen and oxygen atoms in total. The van der Waals surface area contributed by atoms with E-state index in [-0.39, 0.29) is 24.9 Å². The molecule has 0 heterocycles. The molecule has 0 spiro atoms. The summed E-state index contributed by atoms with van der Waals surface area (Å²) in [6.07, 6.45) is 43.2. The summed E-state index contributed by atoms with van der Waals surface area (Å²) in [6.45, 7) is 6.23. The Bertz CT molecular complexity index is 880. The zero-order valence-corrected chi connectivity index (χ0v) is 32.8. The number of allylic oxidation sites excluding steroid dienone is 8. The van der Waals surface area contributed by atoms with Gasteiger partial charge in [-0.15, -0.1) is 0 Å². The molecule has 1 amide bonds. The van der Waals surface area contributed by atoms with Gasteiger partial charge in [0, 0.05) is 6.42 Å². The second-order valence-electron chi connectivity index (χ2n) is 14.1. The number of ether oxygens (including phenoxy) is 1. The number of carbonyl (C=O) groups excluding carboxylic acids is 2. The number of unbranched alkanes of at least 4 members (excludes halogenated alkanes) is 18. The largest absolute Gasteiger partial charge is 0.462 e. The molecular formula is C44H79NO5. The first-order valence-electron chi connectivity index (χ1n) is 20.9. The van der Waals surface area contributed by atoms with Gasteiger partial charge in [0.2, 0.25) is 5.91 Å². The number of hydrogen-bond acceptors (Lipinski definition) is 5. The maximum Gasteiger partial charge on any atom is 0.306 e. The molecule has 0 aromatic rings. The van der Waals surface area contributed by atoms with Crippen molar-refractivity contribution in [2.45, 2.75) is 212 Å². The van der Waals surface area contributed by atoms with E-state index in [1.54, 1.807) is 0 Å². The number of esters is 1. The van der Waals surface area contributed by atoms with Crippen molar-refractivity contribution < 1.29 is 24.5 Å². The maximum absolute atomic E-state index is 13.0. The summed E-state index contributed by atoms with van der Waals surface area (Å²) in [7, 11) is 0. The second-order valence-corrected chi connectivity index (χ2v) is 14.1. The molecule has 3 unspecified atom stereocenters. The highest BCUT2D eigenvalue weighted by Crippen LogP contribution is 2.16. The minimum Gasteiger partial charge on any atom is -0.462 e. The smallest absolute Gasteiger partial charge is 0.306 e. The van der Waals surface area contributed by atoms with Gasteiger partial charge in [-0.3, -0.25) is 9.59 Å². The molecule has 0 saturated carbocycles. The first-order chi connectivity index (χ1) is 24.5. The molecule has 3 atom stereocenters. The van der Waals surface area contributed by atoms with Crippen molar-refractivity contribution in [3.05, 3.63) is 48.6 Å². The quantitative estimate of drug-likeness (QED) is 0.0261. The minimum absolute atomic E-state index is 0.0503. The van der Waals surface area contributed by atoms with Gasteiger partial charge in [-0.1, -0.05) is 166 Å². The highest BCUT2D eigenvalue weighted by Gasteiger charge is 2.24. The molecule has 0 saturated heterocycles. The van der Waals surface area contributed by atoms with Crippen molar-refractivity contribution in [3.8, 4) is 0 Å². The molecule has 0 aliphatic heterocycles. The van der Waals surface area contributed by atoms with E-state index in [2.05, 4.69) is 62.5 Å². The first-order valence-corrected chi connectivity index (χ1v) is 20.9. The number of rotatable bonds is 36. The molecule has 290 valence electrons. The van der Waals surface area contributed by atoms with Crippen molar-refractivity contribution in [1.82, 2.24) is 5.32 Å². The van der Waals surface area contributed by atoms with Gasteiger partial charge in [0.15, 0.2) is 0 Å². The van der Waals surface area contributed by atoms with Crippen LogP contribution in [0.25, 0.3) is 0 Å². The topological polar surface area (TPSA) is 95.9 Å². The number of aliphatic hydroxyl groups is 2. The molecule has 0 radical (unpaired) electrons. The van der Waals surface area contributed by atoms with Gasteiger partial charge in [0.25, 0.3) is 0 Å². The number of amides is 1. The summed E-state index contributed by atoms with van der Waals surface area (Å²) in [5.41, 5.74) is 0. The van der Waals surface area contributed by atoms with Crippen molar-refractivity contribution in [1.29, 1.82) is 0 Å². The molecule has 3 N–H and O–H groups in total. The van der Waals surface area contributed by atoms with Crippen LogP contribution < -0.4 is 5.32 Å². The highest BCUT2D eigenvalue weighted by atomic mass is 16.5. The summed E-state index contributed by atoms with van der Waals surface area (Å²) in [6, 6.07) is -0.710. The fourth-order valence-electron chi connectivity index (χ4n) is 6.02. The molecular weight excluding hydrogens is 622 g/mol. The van der Waals surface area contributed by atoms with Crippen LogP contribution in [0.5, 0.6) is 0 Å². The van der Waals surface area contributed by atoms with Crippen LogP contribution in [0.3, 0.4) is 0 Å². The van der Waals surface area contributed by atoms with Gasteiger partial charge in [-0.25, -0.2) is 0 Å². The van der Waals surface area contributed by atoms with Crippen molar-refractivity contribution in [3.63, 3.8) is 0 Å². The van der Waals surface area contributed by atoms with E-state index in [4.69, 9.17) is 4.74 Å². The van der Waals surface area contributed by atoms with Gasteiger partial charge < -0.3 is 20.3 Å². The summed E-state index contributed by atoms with van der Waals surface area (Å²) in [5.74, 6) is -0.527. The SMILES string of the molecule is CC/C=C/C=C/C=C\CCCCCC(CC(=O)NC(CO)C(O)CCCCCCCCCCCC)OC(=O)CCCCCCC/C=C\CCC. The number of carbonyl (C=O) groups is 2. The van der Waals surface area contributed by atoms with E-state index in [1.807, 2.05) is 12.2 Å². The van der Waals surface area contributed by atoms with Gasteiger partial charge in [-0.05, 0) is 64.2 Å². The highest BCUT2D eigenvalue weighted by molar-refractivity contribution is 5.77. The Labute approximate surface area is 308 Å². The average molecular weight is 702 g/mol. The fourth-order valence-corrected chi connectivity index (χ4v) is 6.02. The summed E-state index contributed by atoms with van der Waals surface area (Å²) >= 11 is 0. The monoisotopic (exact) mass is 702 g/mol. The molecule has 50 heavy (non-hydrogen) atoms. The van der Waals surface area contributed by atoms with E-state index in [1.165, 1.54) is 64.2 Å². The Morgan fingerprint density at radius 3 is 1.78 bits per heavy atom. The summed E-state index contributed by atoms with van der Waals surface area (Å²) < 4.78 is 5.85. The zero-order chi connectivity index (χ0) is 36.8. The van der Waals surface area contributed by atoms with Gasteiger partial charge in [0.05, 0.1) is 25.2 Å². The summed E-state index contributed by atoms with van der Waals surface area (Å²) in [5, 5.41) is 23.5. The van der Waals surface area contributed by atoms with Crippen LogP contribution >= 0.6 is 0 Å². The van der Waals surface area contributed by atoms with Crippen LogP contribution in [-0.2, 0) is 14.3 Å². The van der Waals surface area contributed by atoms with Gasteiger partial charge >= 0.3 is 5.97 Å². The maximum atomic E-state index is 13.0. The lowest BCUT2D eigenvalue weighted by molar-refractivity contribution is -0.151. The van der Waals surface area contributed by atoms with Crippen LogP contribution in [0.1, 0.15) is 194 Å². The minimum atomic E-state index is -0.795.